The van der Waals surface area contributed by atoms with Crippen LogP contribution in [-0.4, -0.2) is 59.6 Å². The number of morpholine rings is 1. The lowest BCUT2D eigenvalue weighted by molar-refractivity contribution is -0.384. The van der Waals surface area contributed by atoms with Gasteiger partial charge in [0.05, 0.1) is 18.1 Å². The van der Waals surface area contributed by atoms with Crippen LogP contribution in [0, 0.1) is 10.1 Å². The Kier molecular flexibility index (Phi) is 4.28. The van der Waals surface area contributed by atoms with Gasteiger partial charge in [0.25, 0.3) is 5.91 Å². The molecule has 0 aromatic carbocycles. The summed E-state index contributed by atoms with van der Waals surface area (Å²) in [5.74, 6) is 0.402. The molecule has 0 bridgehead atoms. The van der Waals surface area contributed by atoms with Crippen LogP contribution in [0.15, 0.2) is 12.1 Å². The first kappa shape index (κ1) is 15.5. The molecule has 1 aromatic heterocycles. The van der Waals surface area contributed by atoms with Gasteiger partial charge in [0.2, 0.25) is 5.82 Å². The summed E-state index contributed by atoms with van der Waals surface area (Å²) in [6, 6.07) is 2.89. The lowest BCUT2D eigenvalue weighted by Crippen LogP contribution is -2.50. The second-order valence-corrected chi connectivity index (χ2v) is 5.67. The van der Waals surface area contributed by atoms with Crippen molar-refractivity contribution in [1.29, 1.82) is 0 Å². The van der Waals surface area contributed by atoms with Crippen molar-refractivity contribution < 1.29 is 14.5 Å². The predicted molar refractivity (Wildman–Crippen MR) is 83.1 cm³/mol. The Balaban J connectivity index is 1.72. The van der Waals surface area contributed by atoms with Crippen LogP contribution in [0.5, 0.6) is 0 Å². The standard InChI is InChI=1S/C14H19N5O4/c15-13-10(19(21)22)3-4-12(16-13)18-7-8-23-11(9-18)14(20)17-5-1-2-6-17/h3-4,11H,1-2,5-9H2,(H2,15,16). The van der Waals surface area contributed by atoms with Gasteiger partial charge in [-0.05, 0) is 18.9 Å². The fraction of sp³-hybridized carbons (Fsp3) is 0.571. The van der Waals surface area contributed by atoms with E-state index in [1.54, 1.807) is 6.07 Å². The zero-order chi connectivity index (χ0) is 16.4. The maximum absolute atomic E-state index is 12.4. The van der Waals surface area contributed by atoms with Gasteiger partial charge in [-0.15, -0.1) is 0 Å². The number of ether oxygens (including phenoxy) is 1. The molecule has 1 aromatic rings. The highest BCUT2D eigenvalue weighted by Crippen LogP contribution is 2.24. The lowest BCUT2D eigenvalue weighted by atomic mass is 10.2. The molecule has 124 valence electrons. The molecule has 1 atom stereocenters. The Morgan fingerprint density at radius 1 is 1.35 bits per heavy atom. The van der Waals surface area contributed by atoms with Crippen molar-refractivity contribution >= 4 is 23.2 Å². The van der Waals surface area contributed by atoms with E-state index in [4.69, 9.17) is 10.5 Å². The molecule has 3 heterocycles. The topological polar surface area (TPSA) is 115 Å². The molecule has 0 radical (unpaired) electrons. The van der Waals surface area contributed by atoms with Gasteiger partial charge in [-0.1, -0.05) is 0 Å². The number of amides is 1. The Bertz CT molecular complexity index is 617. The van der Waals surface area contributed by atoms with Crippen LogP contribution < -0.4 is 10.6 Å². The van der Waals surface area contributed by atoms with Crippen molar-refractivity contribution in [3.63, 3.8) is 0 Å². The number of pyridine rings is 1. The minimum Gasteiger partial charge on any atom is -0.378 e. The highest BCUT2D eigenvalue weighted by Gasteiger charge is 2.32. The number of likely N-dealkylation sites (tertiary alicyclic amines) is 1. The van der Waals surface area contributed by atoms with Crippen LogP contribution in [0.3, 0.4) is 0 Å². The van der Waals surface area contributed by atoms with E-state index >= 15 is 0 Å². The third-order valence-electron chi connectivity index (χ3n) is 4.17. The minimum atomic E-state index is -0.564. The van der Waals surface area contributed by atoms with Crippen molar-refractivity contribution in [3.05, 3.63) is 22.2 Å². The highest BCUT2D eigenvalue weighted by atomic mass is 16.6. The number of rotatable bonds is 3. The van der Waals surface area contributed by atoms with Crippen molar-refractivity contribution in [2.24, 2.45) is 0 Å². The minimum absolute atomic E-state index is 0.00193. The molecule has 1 unspecified atom stereocenters. The van der Waals surface area contributed by atoms with Crippen molar-refractivity contribution in [2.75, 3.05) is 43.4 Å². The van der Waals surface area contributed by atoms with E-state index in [-0.39, 0.29) is 17.4 Å². The molecule has 0 aliphatic carbocycles. The zero-order valence-corrected chi connectivity index (χ0v) is 12.7. The van der Waals surface area contributed by atoms with Gasteiger partial charge in [-0.25, -0.2) is 4.98 Å². The lowest BCUT2D eigenvalue weighted by Gasteiger charge is -2.34. The summed E-state index contributed by atoms with van der Waals surface area (Å²) in [6.07, 6.45) is 1.53. The van der Waals surface area contributed by atoms with E-state index in [0.717, 1.165) is 25.9 Å². The average molecular weight is 321 g/mol. The van der Waals surface area contributed by atoms with Crippen molar-refractivity contribution in [2.45, 2.75) is 18.9 Å². The first-order valence-corrected chi connectivity index (χ1v) is 7.62. The van der Waals surface area contributed by atoms with Crippen molar-refractivity contribution in [3.8, 4) is 0 Å². The number of anilines is 2. The first-order chi connectivity index (χ1) is 11.1. The summed E-state index contributed by atoms with van der Waals surface area (Å²) in [5, 5.41) is 10.8. The van der Waals surface area contributed by atoms with Gasteiger partial charge in [-0.2, -0.15) is 0 Å². The fourth-order valence-corrected chi connectivity index (χ4v) is 2.94. The summed E-state index contributed by atoms with van der Waals surface area (Å²) in [4.78, 5) is 30.5. The fourth-order valence-electron chi connectivity index (χ4n) is 2.94. The van der Waals surface area contributed by atoms with Crippen LogP contribution in [0.4, 0.5) is 17.3 Å². The second kappa shape index (κ2) is 6.37. The third-order valence-corrected chi connectivity index (χ3v) is 4.17. The highest BCUT2D eigenvalue weighted by molar-refractivity contribution is 5.82. The van der Waals surface area contributed by atoms with E-state index in [1.807, 2.05) is 9.80 Å². The summed E-state index contributed by atoms with van der Waals surface area (Å²) in [7, 11) is 0. The van der Waals surface area contributed by atoms with Crippen LogP contribution in [0.25, 0.3) is 0 Å². The monoisotopic (exact) mass is 321 g/mol. The van der Waals surface area contributed by atoms with Gasteiger partial charge in [0, 0.05) is 25.7 Å². The summed E-state index contributed by atoms with van der Waals surface area (Å²) in [6.45, 7) is 2.90. The predicted octanol–water partition coefficient (Wildman–Crippen LogP) is 0.400. The second-order valence-electron chi connectivity index (χ2n) is 5.67. The number of nitro groups is 1. The average Bonchev–Trinajstić information content (AvgIpc) is 3.08. The molecule has 2 saturated heterocycles. The van der Waals surface area contributed by atoms with Crippen LogP contribution in [-0.2, 0) is 9.53 Å². The molecule has 9 nitrogen and oxygen atoms in total. The van der Waals surface area contributed by atoms with Gasteiger partial charge in [0.15, 0.2) is 6.10 Å². The summed E-state index contributed by atoms with van der Waals surface area (Å²) < 4.78 is 5.60. The van der Waals surface area contributed by atoms with Gasteiger partial charge in [0.1, 0.15) is 5.82 Å². The molecule has 1 amide bonds. The summed E-state index contributed by atoms with van der Waals surface area (Å²) >= 11 is 0. The normalized spacial score (nSPS) is 21.5. The molecular formula is C14H19N5O4. The first-order valence-electron chi connectivity index (χ1n) is 7.62. The smallest absolute Gasteiger partial charge is 0.311 e. The molecule has 2 aliphatic rings. The largest absolute Gasteiger partial charge is 0.378 e. The van der Waals surface area contributed by atoms with E-state index in [1.165, 1.54) is 6.07 Å². The third kappa shape index (κ3) is 3.19. The Morgan fingerprint density at radius 2 is 2.09 bits per heavy atom. The number of aromatic nitrogens is 1. The van der Waals surface area contributed by atoms with Gasteiger partial charge >= 0.3 is 5.69 Å². The van der Waals surface area contributed by atoms with Crippen LogP contribution in [0.1, 0.15) is 12.8 Å². The van der Waals surface area contributed by atoms with E-state index < -0.39 is 11.0 Å². The molecule has 2 N–H and O–H groups in total. The number of nitrogen functional groups attached to an aromatic ring is 1. The Labute approximate surface area is 133 Å². The molecule has 0 saturated carbocycles. The quantitative estimate of drug-likeness (QED) is 0.633. The number of hydrogen-bond donors (Lipinski definition) is 1. The van der Waals surface area contributed by atoms with E-state index in [9.17, 15) is 14.9 Å². The molecule has 23 heavy (non-hydrogen) atoms. The van der Waals surface area contributed by atoms with Crippen molar-refractivity contribution in [1.82, 2.24) is 9.88 Å². The number of carbonyl (C=O) groups is 1. The molecule has 9 heteroatoms. The van der Waals surface area contributed by atoms with Gasteiger partial charge < -0.3 is 20.3 Å². The maximum atomic E-state index is 12.4. The maximum Gasteiger partial charge on any atom is 0.311 e. The van der Waals surface area contributed by atoms with Gasteiger partial charge in [-0.3, -0.25) is 14.9 Å². The molecule has 2 fully saturated rings. The Morgan fingerprint density at radius 3 is 2.74 bits per heavy atom. The number of nitrogens with two attached hydrogens (primary N) is 1. The zero-order valence-electron chi connectivity index (χ0n) is 12.7. The molecular weight excluding hydrogens is 302 g/mol. The SMILES string of the molecule is Nc1nc(N2CCOC(C(=O)N3CCCC3)C2)ccc1[N+](=O)[O-]. The van der Waals surface area contributed by atoms with E-state index in [0.29, 0.717) is 25.5 Å². The van der Waals surface area contributed by atoms with E-state index in [2.05, 4.69) is 4.98 Å². The molecule has 2 aliphatic heterocycles. The number of hydrogen-bond acceptors (Lipinski definition) is 7. The summed E-state index contributed by atoms with van der Waals surface area (Å²) in [5.41, 5.74) is 5.42. The number of nitrogens with zero attached hydrogens (tertiary/aromatic N) is 4. The number of carbonyl (C=O) groups excluding carboxylic acids is 1. The Hall–Kier alpha value is -2.42. The molecule has 3 rings (SSSR count). The van der Waals surface area contributed by atoms with Crippen LogP contribution in [0.2, 0.25) is 0 Å². The molecule has 0 spiro atoms. The van der Waals surface area contributed by atoms with Crippen LogP contribution >= 0.6 is 0 Å².